The Kier molecular flexibility index (Phi) is 5.12. The minimum Gasteiger partial charge on any atom is -0.440 e. The Labute approximate surface area is 167 Å². The molecule has 0 atom stereocenters. The van der Waals surface area contributed by atoms with Crippen molar-refractivity contribution in [1.29, 1.82) is 0 Å². The number of benzene rings is 2. The monoisotopic (exact) mass is 394 g/mol. The average Bonchev–Trinajstić information content (AvgIpc) is 3.31. The second kappa shape index (κ2) is 7.86. The molecule has 2 heterocycles. The number of rotatable bonds is 6. The third-order valence-electron chi connectivity index (χ3n) is 4.40. The van der Waals surface area contributed by atoms with Crippen LogP contribution in [-0.2, 0) is 19.5 Å². The molecule has 142 valence electrons. The molecule has 1 N–H and O–H groups in total. The zero-order valence-corrected chi connectivity index (χ0v) is 16.1. The van der Waals surface area contributed by atoms with Crippen LogP contribution in [0.25, 0.3) is 11.1 Å². The Balaban J connectivity index is 1.46. The fourth-order valence-corrected chi connectivity index (χ4v) is 3.18. The minimum atomic E-state index is -0.168. The van der Waals surface area contributed by atoms with Crippen LogP contribution in [0.1, 0.15) is 34.3 Å². The summed E-state index contributed by atoms with van der Waals surface area (Å²) >= 11 is 6.03. The zero-order valence-electron chi connectivity index (χ0n) is 15.4. The molecule has 0 radical (unpaired) electrons. The van der Waals surface area contributed by atoms with Crippen molar-refractivity contribution in [3.8, 4) is 0 Å². The number of halogens is 1. The highest BCUT2D eigenvalue weighted by molar-refractivity contribution is 6.30. The summed E-state index contributed by atoms with van der Waals surface area (Å²) in [4.78, 5) is 16.9. The first-order valence-corrected chi connectivity index (χ1v) is 9.42. The molecule has 0 saturated carbocycles. The molecule has 0 bridgehead atoms. The quantitative estimate of drug-likeness (QED) is 0.531. The standard InChI is InChI=1S/C21H19ClN4O2/c1-2-26-13-15(12-24-26)11-23-21(27)16-6-7-18-19(10-16)28-20(25-18)9-14-4-3-5-17(22)8-14/h3-8,10,12-13H,2,9,11H2,1H3,(H,23,27). The topological polar surface area (TPSA) is 73.0 Å². The summed E-state index contributed by atoms with van der Waals surface area (Å²) in [6.45, 7) is 3.24. The molecule has 0 saturated heterocycles. The highest BCUT2D eigenvalue weighted by Gasteiger charge is 2.12. The number of hydrogen-bond acceptors (Lipinski definition) is 4. The minimum absolute atomic E-state index is 0.168. The molecule has 0 aliphatic rings. The van der Waals surface area contributed by atoms with Gasteiger partial charge < -0.3 is 9.73 Å². The van der Waals surface area contributed by atoms with Crippen molar-refractivity contribution >= 4 is 28.6 Å². The molecular formula is C21H19ClN4O2. The van der Waals surface area contributed by atoms with Gasteiger partial charge in [-0.1, -0.05) is 23.7 Å². The SMILES string of the molecule is CCn1cc(CNC(=O)c2ccc3nc(Cc4cccc(Cl)c4)oc3c2)cn1. The number of oxazole rings is 1. The lowest BCUT2D eigenvalue weighted by Crippen LogP contribution is -2.22. The number of aromatic nitrogens is 3. The summed E-state index contributed by atoms with van der Waals surface area (Å²) in [5.74, 6) is 0.417. The molecule has 0 aliphatic heterocycles. The fraction of sp³-hybridized carbons (Fsp3) is 0.190. The van der Waals surface area contributed by atoms with Crippen LogP contribution in [0, 0.1) is 0 Å². The molecule has 0 unspecified atom stereocenters. The van der Waals surface area contributed by atoms with E-state index in [0.29, 0.717) is 35.0 Å². The van der Waals surface area contributed by atoms with Crippen molar-refractivity contribution < 1.29 is 9.21 Å². The third-order valence-corrected chi connectivity index (χ3v) is 4.64. The van der Waals surface area contributed by atoms with Crippen LogP contribution in [-0.4, -0.2) is 20.7 Å². The normalized spacial score (nSPS) is 11.1. The number of nitrogens with one attached hydrogen (secondary N) is 1. The molecular weight excluding hydrogens is 376 g/mol. The van der Waals surface area contributed by atoms with E-state index in [2.05, 4.69) is 15.4 Å². The van der Waals surface area contributed by atoms with Gasteiger partial charge in [0, 0.05) is 41.9 Å². The Morgan fingerprint density at radius 3 is 2.89 bits per heavy atom. The molecule has 7 heteroatoms. The lowest BCUT2D eigenvalue weighted by Gasteiger charge is -2.03. The van der Waals surface area contributed by atoms with Gasteiger partial charge in [-0.3, -0.25) is 9.48 Å². The Morgan fingerprint density at radius 2 is 2.11 bits per heavy atom. The van der Waals surface area contributed by atoms with Crippen LogP contribution in [0.15, 0.2) is 59.3 Å². The van der Waals surface area contributed by atoms with Gasteiger partial charge in [0.2, 0.25) is 0 Å². The van der Waals surface area contributed by atoms with Crippen LogP contribution < -0.4 is 5.32 Å². The molecule has 1 amide bonds. The molecule has 28 heavy (non-hydrogen) atoms. The molecule has 6 nitrogen and oxygen atoms in total. The zero-order chi connectivity index (χ0) is 19.5. The molecule has 0 fully saturated rings. The molecule has 4 aromatic rings. The van der Waals surface area contributed by atoms with Gasteiger partial charge in [-0.15, -0.1) is 0 Å². The molecule has 0 aliphatic carbocycles. The van der Waals surface area contributed by atoms with Crippen molar-refractivity contribution in [2.24, 2.45) is 0 Å². The van der Waals surface area contributed by atoms with Gasteiger partial charge in [0.1, 0.15) is 5.52 Å². The second-order valence-corrected chi connectivity index (χ2v) is 6.92. The lowest BCUT2D eigenvalue weighted by molar-refractivity contribution is 0.0951. The molecule has 4 rings (SSSR count). The first-order valence-electron chi connectivity index (χ1n) is 9.04. The number of hydrogen-bond donors (Lipinski definition) is 1. The van der Waals surface area contributed by atoms with Gasteiger partial charge >= 0.3 is 0 Å². The lowest BCUT2D eigenvalue weighted by atomic mass is 10.1. The summed E-state index contributed by atoms with van der Waals surface area (Å²) in [5.41, 5.74) is 3.81. The Morgan fingerprint density at radius 1 is 1.21 bits per heavy atom. The van der Waals surface area contributed by atoms with E-state index < -0.39 is 0 Å². The maximum absolute atomic E-state index is 12.5. The van der Waals surface area contributed by atoms with Gasteiger partial charge in [-0.2, -0.15) is 5.10 Å². The number of aryl methyl sites for hydroxylation is 1. The van der Waals surface area contributed by atoms with Crippen molar-refractivity contribution in [2.45, 2.75) is 26.4 Å². The first kappa shape index (κ1) is 18.3. The van der Waals surface area contributed by atoms with E-state index in [1.807, 2.05) is 42.1 Å². The summed E-state index contributed by atoms with van der Waals surface area (Å²) in [6.07, 6.45) is 4.21. The summed E-state index contributed by atoms with van der Waals surface area (Å²) in [5, 5.41) is 7.78. The van der Waals surface area contributed by atoms with E-state index in [-0.39, 0.29) is 5.91 Å². The largest absolute Gasteiger partial charge is 0.440 e. The number of amides is 1. The first-order chi connectivity index (χ1) is 13.6. The highest BCUT2D eigenvalue weighted by atomic mass is 35.5. The smallest absolute Gasteiger partial charge is 0.251 e. The predicted octanol–water partition coefficient (Wildman–Crippen LogP) is 4.22. The van der Waals surface area contributed by atoms with Crippen molar-refractivity contribution in [1.82, 2.24) is 20.1 Å². The van der Waals surface area contributed by atoms with E-state index in [4.69, 9.17) is 16.0 Å². The van der Waals surface area contributed by atoms with Crippen LogP contribution in [0.5, 0.6) is 0 Å². The molecule has 2 aromatic heterocycles. The highest BCUT2D eigenvalue weighted by Crippen LogP contribution is 2.20. The Bertz CT molecular complexity index is 1130. The summed E-state index contributed by atoms with van der Waals surface area (Å²) in [7, 11) is 0. The predicted molar refractivity (Wildman–Crippen MR) is 107 cm³/mol. The second-order valence-electron chi connectivity index (χ2n) is 6.48. The van der Waals surface area contributed by atoms with Crippen molar-refractivity contribution in [3.63, 3.8) is 0 Å². The van der Waals surface area contributed by atoms with Gasteiger partial charge in [-0.05, 0) is 42.8 Å². The maximum atomic E-state index is 12.5. The van der Waals surface area contributed by atoms with Gasteiger partial charge in [0.05, 0.1) is 6.20 Å². The maximum Gasteiger partial charge on any atom is 0.251 e. The summed E-state index contributed by atoms with van der Waals surface area (Å²) in [6, 6.07) is 12.8. The molecule has 0 spiro atoms. The van der Waals surface area contributed by atoms with E-state index in [0.717, 1.165) is 23.2 Å². The third kappa shape index (κ3) is 4.07. The Hall–Kier alpha value is -3.12. The van der Waals surface area contributed by atoms with E-state index in [1.54, 1.807) is 24.4 Å². The number of carbonyl (C=O) groups is 1. The van der Waals surface area contributed by atoms with Crippen molar-refractivity contribution in [3.05, 3.63) is 82.5 Å². The van der Waals surface area contributed by atoms with Gasteiger partial charge in [-0.25, -0.2) is 4.98 Å². The van der Waals surface area contributed by atoms with E-state index in [1.165, 1.54) is 0 Å². The van der Waals surface area contributed by atoms with Gasteiger partial charge in [0.15, 0.2) is 11.5 Å². The van der Waals surface area contributed by atoms with Crippen molar-refractivity contribution in [2.75, 3.05) is 0 Å². The van der Waals surface area contributed by atoms with Gasteiger partial charge in [0.25, 0.3) is 5.91 Å². The molecule has 2 aromatic carbocycles. The summed E-state index contributed by atoms with van der Waals surface area (Å²) < 4.78 is 7.66. The fourth-order valence-electron chi connectivity index (χ4n) is 2.97. The number of fused-ring (bicyclic) bond motifs is 1. The van der Waals surface area contributed by atoms with Crippen LogP contribution in [0.4, 0.5) is 0 Å². The van der Waals surface area contributed by atoms with E-state index in [9.17, 15) is 4.79 Å². The van der Waals surface area contributed by atoms with Crippen LogP contribution >= 0.6 is 11.6 Å². The van der Waals surface area contributed by atoms with Crippen LogP contribution in [0.3, 0.4) is 0 Å². The van der Waals surface area contributed by atoms with E-state index >= 15 is 0 Å². The average molecular weight is 395 g/mol. The number of nitrogens with zero attached hydrogens (tertiary/aromatic N) is 3. The number of carbonyl (C=O) groups excluding carboxylic acids is 1. The van der Waals surface area contributed by atoms with Crippen LogP contribution in [0.2, 0.25) is 5.02 Å².